The van der Waals surface area contributed by atoms with E-state index in [-0.39, 0.29) is 17.7 Å². The fraction of sp³-hybridized carbons (Fsp3) is 0.312. The molecule has 2 atom stereocenters. The summed E-state index contributed by atoms with van der Waals surface area (Å²) in [6.45, 7) is 3.77. The van der Waals surface area contributed by atoms with Crippen LogP contribution in [0.5, 0.6) is 0 Å². The minimum Gasteiger partial charge on any atom is -0.468 e. The molecule has 0 unspecified atom stereocenters. The van der Waals surface area contributed by atoms with E-state index in [1.165, 1.54) is 11.8 Å². The third-order valence-electron chi connectivity index (χ3n) is 3.79. The highest BCUT2D eigenvalue weighted by Crippen LogP contribution is 2.32. The Morgan fingerprint density at radius 3 is 2.86 bits per heavy atom. The maximum atomic E-state index is 12.5. The summed E-state index contributed by atoms with van der Waals surface area (Å²) in [5, 5.41) is 0. The zero-order valence-corrected chi connectivity index (χ0v) is 12.9. The number of furan rings is 1. The third-order valence-corrected chi connectivity index (χ3v) is 5.21. The van der Waals surface area contributed by atoms with Crippen LogP contribution >= 0.6 is 0 Å². The highest BCUT2D eigenvalue weighted by molar-refractivity contribution is 7.85. The molecule has 1 aromatic heterocycles. The molecule has 3 rings (SSSR count). The molecule has 0 N–H and O–H groups in total. The van der Waals surface area contributed by atoms with Crippen LogP contribution in [0, 0.1) is 6.92 Å². The zero-order chi connectivity index (χ0) is 15.0. The Morgan fingerprint density at radius 2 is 2.14 bits per heavy atom. The molecule has 2 heterocycles. The maximum absolute atomic E-state index is 12.5. The molecule has 110 valence electrons. The molecule has 5 heteroatoms. The van der Waals surface area contributed by atoms with Crippen molar-refractivity contribution in [3.63, 3.8) is 0 Å². The van der Waals surface area contributed by atoms with Crippen LogP contribution in [0.2, 0.25) is 0 Å². The first-order valence-electron chi connectivity index (χ1n) is 6.90. The van der Waals surface area contributed by atoms with Crippen molar-refractivity contribution in [2.24, 2.45) is 0 Å². The summed E-state index contributed by atoms with van der Waals surface area (Å²) in [6.07, 6.45) is 2.35. The molecule has 1 aliphatic rings. The Labute approximate surface area is 126 Å². The van der Waals surface area contributed by atoms with E-state index in [0.29, 0.717) is 10.7 Å². The van der Waals surface area contributed by atoms with Gasteiger partial charge >= 0.3 is 0 Å². The number of hydrogen-bond acceptors (Lipinski definition) is 3. The monoisotopic (exact) mass is 303 g/mol. The second-order valence-electron chi connectivity index (χ2n) is 5.28. The van der Waals surface area contributed by atoms with Gasteiger partial charge in [-0.2, -0.15) is 0 Å². The van der Waals surface area contributed by atoms with Crippen LogP contribution in [0.4, 0.5) is 5.69 Å². The molecule has 0 radical (unpaired) electrons. The molecule has 1 aromatic carbocycles. The van der Waals surface area contributed by atoms with Gasteiger partial charge in [0.05, 0.1) is 22.0 Å². The van der Waals surface area contributed by atoms with Gasteiger partial charge in [0.25, 0.3) is 0 Å². The van der Waals surface area contributed by atoms with E-state index in [4.69, 9.17) is 4.42 Å². The van der Waals surface area contributed by atoms with E-state index >= 15 is 0 Å². The predicted molar refractivity (Wildman–Crippen MR) is 81.8 cm³/mol. The Balaban J connectivity index is 1.80. The number of carbonyl (C=O) groups excluding carboxylic acids is 1. The van der Waals surface area contributed by atoms with Crippen molar-refractivity contribution in [3.05, 3.63) is 47.9 Å². The summed E-state index contributed by atoms with van der Waals surface area (Å²) in [7, 11) is -1.37. The molecule has 21 heavy (non-hydrogen) atoms. The largest absolute Gasteiger partial charge is 0.468 e. The molecule has 0 spiro atoms. The molecular formula is C16H17NO3S. The van der Waals surface area contributed by atoms with Crippen molar-refractivity contribution in [1.82, 2.24) is 0 Å². The number of amides is 1. The molecular weight excluding hydrogens is 286 g/mol. The summed E-state index contributed by atoms with van der Waals surface area (Å²) >= 11 is 0. The number of nitrogens with zero attached hydrogens (tertiary/aromatic N) is 1. The number of carbonyl (C=O) groups is 1. The van der Waals surface area contributed by atoms with Crippen LogP contribution in [0.1, 0.15) is 18.2 Å². The second-order valence-corrected chi connectivity index (χ2v) is 6.70. The fourth-order valence-electron chi connectivity index (χ4n) is 2.81. The summed E-state index contributed by atoms with van der Waals surface area (Å²) in [6, 6.07) is 9.66. The highest BCUT2D eigenvalue weighted by atomic mass is 32.2. The van der Waals surface area contributed by atoms with Gasteiger partial charge in [-0.05, 0) is 38.0 Å². The first-order valence-corrected chi connectivity index (χ1v) is 8.22. The Hall–Kier alpha value is -1.88. The summed E-state index contributed by atoms with van der Waals surface area (Å²) in [5.41, 5.74) is 2.11. The zero-order valence-electron chi connectivity index (χ0n) is 12.0. The normalized spacial score (nSPS) is 18.6. The number of para-hydroxylation sites is 1. The van der Waals surface area contributed by atoms with Gasteiger partial charge in [-0.15, -0.1) is 0 Å². The van der Waals surface area contributed by atoms with E-state index in [0.717, 1.165) is 12.1 Å². The standard InChI is InChI=1S/C16H17NO3S/c1-11-9-13-5-3-4-6-14(13)17(11)16(18)10-21(19)15-7-8-20-12(15)2/h3-8,11H,9-10H2,1-2H3/t11-,21-/m1/s1. The van der Waals surface area contributed by atoms with Gasteiger partial charge in [0, 0.05) is 11.7 Å². The quantitative estimate of drug-likeness (QED) is 0.876. The highest BCUT2D eigenvalue weighted by Gasteiger charge is 2.31. The van der Waals surface area contributed by atoms with E-state index in [9.17, 15) is 9.00 Å². The van der Waals surface area contributed by atoms with Crippen LogP contribution in [-0.2, 0) is 22.0 Å². The van der Waals surface area contributed by atoms with Gasteiger partial charge in [0.15, 0.2) is 0 Å². The predicted octanol–water partition coefficient (Wildman–Crippen LogP) is 2.67. The van der Waals surface area contributed by atoms with Crippen LogP contribution in [0.15, 0.2) is 45.9 Å². The molecule has 0 saturated heterocycles. The number of hydrogen-bond donors (Lipinski definition) is 0. The van der Waals surface area contributed by atoms with E-state index in [1.54, 1.807) is 17.9 Å². The number of fused-ring (bicyclic) bond motifs is 1. The van der Waals surface area contributed by atoms with Gasteiger partial charge in [0.2, 0.25) is 5.91 Å². The summed E-state index contributed by atoms with van der Waals surface area (Å²) in [4.78, 5) is 14.9. The Bertz CT molecular complexity index is 707. The van der Waals surface area contributed by atoms with E-state index in [2.05, 4.69) is 0 Å². The number of rotatable bonds is 3. The van der Waals surface area contributed by atoms with E-state index in [1.807, 2.05) is 31.2 Å². The van der Waals surface area contributed by atoms with Crippen molar-refractivity contribution >= 4 is 22.4 Å². The lowest BCUT2D eigenvalue weighted by Crippen LogP contribution is -2.38. The van der Waals surface area contributed by atoms with Gasteiger partial charge in [-0.1, -0.05) is 18.2 Å². The topological polar surface area (TPSA) is 50.5 Å². The molecule has 0 bridgehead atoms. The fourth-order valence-corrected chi connectivity index (χ4v) is 3.91. The average Bonchev–Trinajstić information content (AvgIpc) is 3.00. The number of benzene rings is 1. The van der Waals surface area contributed by atoms with Gasteiger partial charge in [-0.3, -0.25) is 9.00 Å². The lowest BCUT2D eigenvalue weighted by Gasteiger charge is -2.22. The van der Waals surface area contributed by atoms with Crippen LogP contribution in [0.25, 0.3) is 0 Å². The third kappa shape index (κ3) is 2.53. The van der Waals surface area contributed by atoms with Crippen molar-refractivity contribution < 1.29 is 13.4 Å². The lowest BCUT2D eigenvalue weighted by molar-refractivity contribution is -0.116. The summed E-state index contributed by atoms with van der Waals surface area (Å²) in [5.74, 6) is 0.487. The van der Waals surface area contributed by atoms with Gasteiger partial charge in [0.1, 0.15) is 11.5 Å². The minimum absolute atomic E-state index is 0.0148. The molecule has 0 aliphatic carbocycles. The van der Waals surface area contributed by atoms with Gasteiger partial charge < -0.3 is 9.32 Å². The van der Waals surface area contributed by atoms with Crippen molar-refractivity contribution in [3.8, 4) is 0 Å². The van der Waals surface area contributed by atoms with Crippen LogP contribution < -0.4 is 4.90 Å². The molecule has 0 saturated carbocycles. The minimum atomic E-state index is -1.37. The smallest absolute Gasteiger partial charge is 0.240 e. The number of aryl methyl sites for hydroxylation is 1. The Kier molecular flexibility index (Phi) is 3.68. The second kappa shape index (κ2) is 5.48. The van der Waals surface area contributed by atoms with Crippen molar-refractivity contribution in [2.75, 3.05) is 10.7 Å². The average molecular weight is 303 g/mol. The molecule has 4 nitrogen and oxygen atoms in total. The van der Waals surface area contributed by atoms with Crippen LogP contribution in [-0.4, -0.2) is 21.9 Å². The van der Waals surface area contributed by atoms with Crippen molar-refractivity contribution in [2.45, 2.75) is 31.2 Å². The SMILES string of the molecule is Cc1occc1[S@](=O)CC(=O)N1c2ccccc2C[C@H]1C. The first-order chi connectivity index (χ1) is 10.1. The first kappa shape index (κ1) is 14.1. The molecule has 1 amide bonds. The Morgan fingerprint density at radius 1 is 1.38 bits per heavy atom. The summed E-state index contributed by atoms with van der Waals surface area (Å²) < 4.78 is 17.5. The van der Waals surface area contributed by atoms with E-state index < -0.39 is 10.8 Å². The van der Waals surface area contributed by atoms with Crippen molar-refractivity contribution in [1.29, 1.82) is 0 Å². The lowest BCUT2D eigenvalue weighted by atomic mass is 10.1. The molecule has 1 aliphatic heterocycles. The maximum Gasteiger partial charge on any atom is 0.240 e. The van der Waals surface area contributed by atoms with Crippen LogP contribution in [0.3, 0.4) is 0 Å². The molecule has 0 fully saturated rings. The number of anilines is 1. The molecule has 2 aromatic rings. The van der Waals surface area contributed by atoms with Gasteiger partial charge in [-0.25, -0.2) is 0 Å².